The van der Waals surface area contributed by atoms with E-state index in [0.717, 1.165) is 12.8 Å². The van der Waals surface area contributed by atoms with Crippen molar-refractivity contribution in [3.63, 3.8) is 0 Å². The molecule has 0 bridgehead atoms. The Morgan fingerprint density at radius 1 is 1.41 bits per heavy atom. The molecule has 120 valence electrons. The maximum absolute atomic E-state index is 12.9. The summed E-state index contributed by atoms with van der Waals surface area (Å²) in [7, 11) is 0. The summed E-state index contributed by atoms with van der Waals surface area (Å²) in [5.41, 5.74) is 0.423. The molecule has 2 atom stereocenters. The van der Waals surface area contributed by atoms with Crippen LogP contribution < -0.4 is 5.32 Å². The number of aliphatic hydroxyl groups is 1. The Kier molecular flexibility index (Phi) is 5.49. The number of hydrogen-bond acceptors (Lipinski definition) is 3. The molecule has 22 heavy (non-hydrogen) atoms. The van der Waals surface area contributed by atoms with Crippen molar-refractivity contribution in [1.82, 2.24) is 10.2 Å². The lowest BCUT2D eigenvalue weighted by Crippen LogP contribution is -2.46. The van der Waals surface area contributed by atoms with Crippen LogP contribution in [0.4, 0.5) is 4.39 Å². The fourth-order valence-corrected chi connectivity index (χ4v) is 2.54. The number of amides is 2. The number of rotatable bonds is 4. The molecule has 1 heterocycles. The number of nitrogens with one attached hydrogen (secondary N) is 1. The molecular weight excluding hydrogens is 287 g/mol. The molecular formula is C16H21FN2O3. The van der Waals surface area contributed by atoms with Gasteiger partial charge in [0.25, 0.3) is 5.91 Å². The van der Waals surface area contributed by atoms with E-state index in [4.69, 9.17) is 0 Å². The molecule has 1 aromatic carbocycles. The molecule has 1 aliphatic rings. The molecule has 1 aromatic rings. The first kappa shape index (κ1) is 16.4. The lowest BCUT2D eigenvalue weighted by molar-refractivity contribution is -0.126. The van der Waals surface area contributed by atoms with Gasteiger partial charge in [-0.2, -0.15) is 0 Å². The second kappa shape index (κ2) is 7.35. The molecule has 2 rings (SSSR count). The molecule has 6 heteroatoms. The van der Waals surface area contributed by atoms with Crippen molar-refractivity contribution >= 4 is 11.8 Å². The summed E-state index contributed by atoms with van der Waals surface area (Å²) in [4.78, 5) is 26.0. The molecule has 0 aromatic heterocycles. The monoisotopic (exact) mass is 308 g/mol. The zero-order chi connectivity index (χ0) is 16.1. The highest BCUT2D eigenvalue weighted by Gasteiger charge is 2.28. The first-order valence-corrected chi connectivity index (χ1v) is 7.48. The second-order valence-electron chi connectivity index (χ2n) is 5.69. The summed E-state index contributed by atoms with van der Waals surface area (Å²) < 4.78 is 12.9. The van der Waals surface area contributed by atoms with E-state index in [1.165, 1.54) is 24.3 Å². The van der Waals surface area contributed by atoms with Crippen molar-refractivity contribution in [3.8, 4) is 0 Å². The summed E-state index contributed by atoms with van der Waals surface area (Å²) in [5, 5.41) is 11.9. The van der Waals surface area contributed by atoms with E-state index in [0.29, 0.717) is 18.7 Å². The van der Waals surface area contributed by atoms with Gasteiger partial charge in [-0.1, -0.05) is 0 Å². The zero-order valence-electron chi connectivity index (χ0n) is 12.6. The van der Waals surface area contributed by atoms with Crippen LogP contribution in [0, 0.1) is 11.7 Å². The summed E-state index contributed by atoms with van der Waals surface area (Å²) >= 11 is 0. The quantitative estimate of drug-likeness (QED) is 0.877. The van der Waals surface area contributed by atoms with E-state index in [2.05, 4.69) is 5.32 Å². The van der Waals surface area contributed by atoms with E-state index in [1.54, 1.807) is 11.8 Å². The largest absolute Gasteiger partial charge is 0.392 e. The highest BCUT2D eigenvalue weighted by Crippen LogP contribution is 2.19. The number of carbonyl (C=O) groups is 2. The molecule has 0 saturated carbocycles. The number of hydrogen-bond donors (Lipinski definition) is 2. The Labute approximate surface area is 129 Å². The van der Waals surface area contributed by atoms with Crippen molar-refractivity contribution in [2.45, 2.75) is 25.9 Å². The number of aliphatic hydroxyl groups excluding tert-OH is 1. The van der Waals surface area contributed by atoms with E-state index in [9.17, 15) is 19.1 Å². The van der Waals surface area contributed by atoms with Crippen molar-refractivity contribution in [2.75, 3.05) is 19.6 Å². The van der Waals surface area contributed by atoms with E-state index in [1.807, 2.05) is 0 Å². The van der Waals surface area contributed by atoms with Crippen LogP contribution in [0.1, 0.15) is 30.1 Å². The van der Waals surface area contributed by atoms with Crippen molar-refractivity contribution in [3.05, 3.63) is 35.6 Å². The fourth-order valence-electron chi connectivity index (χ4n) is 2.54. The van der Waals surface area contributed by atoms with Gasteiger partial charge in [-0.25, -0.2) is 4.39 Å². The van der Waals surface area contributed by atoms with Gasteiger partial charge < -0.3 is 15.3 Å². The van der Waals surface area contributed by atoms with E-state index < -0.39 is 6.10 Å². The van der Waals surface area contributed by atoms with Gasteiger partial charge in [0.05, 0.1) is 12.0 Å². The number of carbonyl (C=O) groups excluding carboxylic acids is 2. The standard InChI is InChI=1S/C16H21FN2O3/c1-11(20)9-18-15(21)13-3-2-8-19(10-13)16(22)12-4-6-14(17)7-5-12/h4-7,11,13,20H,2-3,8-10H2,1H3,(H,18,21). The lowest BCUT2D eigenvalue weighted by atomic mass is 9.96. The van der Waals surface area contributed by atoms with Crippen molar-refractivity contribution < 1.29 is 19.1 Å². The third-order valence-electron chi connectivity index (χ3n) is 3.74. The van der Waals surface area contributed by atoms with Crippen molar-refractivity contribution in [1.29, 1.82) is 0 Å². The fraction of sp³-hybridized carbons (Fsp3) is 0.500. The zero-order valence-corrected chi connectivity index (χ0v) is 12.6. The van der Waals surface area contributed by atoms with Crippen LogP contribution in [0.15, 0.2) is 24.3 Å². The Morgan fingerprint density at radius 2 is 2.09 bits per heavy atom. The molecule has 2 N–H and O–H groups in total. The molecule has 5 nitrogen and oxygen atoms in total. The van der Waals surface area contributed by atoms with E-state index in [-0.39, 0.29) is 30.1 Å². The molecule has 2 unspecified atom stereocenters. The van der Waals surface area contributed by atoms with Gasteiger partial charge >= 0.3 is 0 Å². The maximum atomic E-state index is 12.9. The SMILES string of the molecule is CC(O)CNC(=O)C1CCCN(C(=O)c2ccc(F)cc2)C1. The van der Waals surface area contributed by atoms with Gasteiger partial charge in [0, 0.05) is 25.2 Å². The number of nitrogens with zero attached hydrogens (tertiary/aromatic N) is 1. The predicted octanol–water partition coefficient (Wildman–Crippen LogP) is 1.17. The minimum absolute atomic E-state index is 0.141. The Hall–Kier alpha value is -1.95. The smallest absolute Gasteiger partial charge is 0.253 e. The molecule has 0 aliphatic carbocycles. The normalized spacial score (nSPS) is 19.6. The van der Waals surface area contributed by atoms with Crippen LogP contribution in [-0.4, -0.2) is 47.6 Å². The highest BCUT2D eigenvalue weighted by atomic mass is 19.1. The second-order valence-corrected chi connectivity index (χ2v) is 5.69. The minimum atomic E-state index is -0.593. The first-order chi connectivity index (χ1) is 10.5. The molecule has 1 fully saturated rings. The average Bonchev–Trinajstić information content (AvgIpc) is 2.52. The van der Waals surface area contributed by atoms with Gasteiger partial charge in [-0.15, -0.1) is 0 Å². The average molecular weight is 308 g/mol. The van der Waals surface area contributed by atoms with Gasteiger partial charge in [-0.05, 0) is 44.0 Å². The van der Waals surface area contributed by atoms with Gasteiger partial charge in [0.1, 0.15) is 5.82 Å². The number of benzene rings is 1. The summed E-state index contributed by atoms with van der Waals surface area (Å²) in [5.74, 6) is -0.979. The van der Waals surface area contributed by atoms with Crippen LogP contribution in [0.25, 0.3) is 0 Å². The molecule has 0 radical (unpaired) electrons. The number of likely N-dealkylation sites (tertiary alicyclic amines) is 1. The number of halogens is 1. The lowest BCUT2D eigenvalue weighted by Gasteiger charge is -2.32. The third-order valence-corrected chi connectivity index (χ3v) is 3.74. The van der Waals surface area contributed by atoms with Gasteiger partial charge in [0.15, 0.2) is 0 Å². The Morgan fingerprint density at radius 3 is 2.73 bits per heavy atom. The number of piperidine rings is 1. The van der Waals surface area contributed by atoms with Gasteiger partial charge in [0.2, 0.25) is 5.91 Å². The predicted molar refractivity (Wildman–Crippen MR) is 79.7 cm³/mol. The van der Waals surface area contributed by atoms with Crippen LogP contribution in [0.5, 0.6) is 0 Å². The molecule has 2 amide bonds. The maximum Gasteiger partial charge on any atom is 0.253 e. The summed E-state index contributed by atoms with van der Waals surface area (Å²) in [6.45, 7) is 2.75. The molecule has 1 aliphatic heterocycles. The Bertz CT molecular complexity index is 531. The molecule has 1 saturated heterocycles. The Balaban J connectivity index is 1.96. The van der Waals surface area contributed by atoms with Crippen LogP contribution in [0.3, 0.4) is 0 Å². The summed E-state index contributed by atoms with van der Waals surface area (Å²) in [6.07, 6.45) is 0.878. The van der Waals surface area contributed by atoms with Crippen LogP contribution >= 0.6 is 0 Å². The highest BCUT2D eigenvalue weighted by molar-refractivity contribution is 5.94. The van der Waals surface area contributed by atoms with Gasteiger partial charge in [-0.3, -0.25) is 9.59 Å². The van der Waals surface area contributed by atoms with E-state index >= 15 is 0 Å². The van der Waals surface area contributed by atoms with Crippen molar-refractivity contribution in [2.24, 2.45) is 5.92 Å². The third kappa shape index (κ3) is 4.27. The molecule has 0 spiro atoms. The minimum Gasteiger partial charge on any atom is -0.392 e. The first-order valence-electron chi connectivity index (χ1n) is 7.48. The van der Waals surface area contributed by atoms with Crippen LogP contribution in [0.2, 0.25) is 0 Å². The topological polar surface area (TPSA) is 69.6 Å². The van der Waals surface area contributed by atoms with Crippen LogP contribution in [-0.2, 0) is 4.79 Å². The summed E-state index contributed by atoms with van der Waals surface area (Å²) in [6, 6.07) is 5.41.